The van der Waals surface area contributed by atoms with Crippen molar-refractivity contribution < 1.29 is 4.74 Å². The Morgan fingerprint density at radius 1 is 1.32 bits per heavy atom. The molecule has 0 bridgehead atoms. The van der Waals surface area contributed by atoms with Gasteiger partial charge < -0.3 is 10.5 Å². The molecule has 0 aromatic carbocycles. The Kier molecular flexibility index (Phi) is 5.27. The van der Waals surface area contributed by atoms with Crippen LogP contribution in [0.15, 0.2) is 0 Å². The van der Waals surface area contributed by atoms with Crippen molar-refractivity contribution in [2.45, 2.75) is 64.5 Å². The summed E-state index contributed by atoms with van der Waals surface area (Å²) in [5.41, 5.74) is 6.48. The number of piperidine rings is 1. The Bertz CT molecular complexity index is 282. The average molecular weight is 268 g/mol. The average Bonchev–Trinajstić information content (AvgIpc) is 2.40. The number of ether oxygens (including phenoxy) is 1. The zero-order valence-corrected chi connectivity index (χ0v) is 13.0. The minimum atomic E-state index is 0.238. The van der Waals surface area contributed by atoms with Gasteiger partial charge >= 0.3 is 0 Å². The second kappa shape index (κ2) is 6.55. The first-order valence-electron chi connectivity index (χ1n) is 8.19. The molecule has 0 radical (unpaired) electrons. The van der Waals surface area contributed by atoms with Gasteiger partial charge in [-0.05, 0) is 57.4 Å². The van der Waals surface area contributed by atoms with E-state index in [0.29, 0.717) is 12.0 Å². The third kappa shape index (κ3) is 3.14. The number of nitrogens with two attached hydrogens (primary N) is 1. The molecule has 3 nitrogen and oxygen atoms in total. The van der Waals surface area contributed by atoms with E-state index in [-0.39, 0.29) is 5.54 Å². The van der Waals surface area contributed by atoms with Gasteiger partial charge in [0.25, 0.3) is 0 Å². The summed E-state index contributed by atoms with van der Waals surface area (Å²) in [6.45, 7) is 10.8. The molecule has 1 aliphatic heterocycles. The number of likely N-dealkylation sites (tertiary alicyclic amines) is 1. The van der Waals surface area contributed by atoms with Crippen molar-refractivity contribution in [1.29, 1.82) is 0 Å². The van der Waals surface area contributed by atoms with E-state index >= 15 is 0 Å². The summed E-state index contributed by atoms with van der Waals surface area (Å²) < 4.78 is 5.87. The summed E-state index contributed by atoms with van der Waals surface area (Å²) in [5.74, 6) is 1.57. The highest BCUT2D eigenvalue weighted by Gasteiger charge is 2.45. The maximum absolute atomic E-state index is 6.24. The van der Waals surface area contributed by atoms with Crippen molar-refractivity contribution in [1.82, 2.24) is 4.90 Å². The van der Waals surface area contributed by atoms with Crippen molar-refractivity contribution in [2.75, 3.05) is 26.2 Å². The molecule has 4 atom stereocenters. The van der Waals surface area contributed by atoms with Gasteiger partial charge in [-0.1, -0.05) is 13.8 Å². The molecular formula is C16H32N2O. The zero-order chi connectivity index (χ0) is 13.9. The van der Waals surface area contributed by atoms with Crippen molar-refractivity contribution in [2.24, 2.45) is 17.6 Å². The van der Waals surface area contributed by atoms with Crippen LogP contribution in [0.3, 0.4) is 0 Å². The SMILES string of the molecule is CCOC1CCCN(C2(CN)CCC(C)CC2C)C1. The van der Waals surface area contributed by atoms with Gasteiger partial charge in [0.2, 0.25) is 0 Å². The van der Waals surface area contributed by atoms with Crippen LogP contribution in [0.1, 0.15) is 52.9 Å². The first-order valence-corrected chi connectivity index (χ1v) is 8.19. The lowest BCUT2D eigenvalue weighted by molar-refractivity contribution is -0.0662. The molecule has 1 saturated carbocycles. The fourth-order valence-electron chi connectivity index (χ4n) is 4.30. The molecule has 1 saturated heterocycles. The molecule has 3 heteroatoms. The van der Waals surface area contributed by atoms with E-state index in [0.717, 1.165) is 25.6 Å². The van der Waals surface area contributed by atoms with E-state index in [1.165, 1.54) is 38.6 Å². The van der Waals surface area contributed by atoms with Crippen LogP contribution in [0.5, 0.6) is 0 Å². The van der Waals surface area contributed by atoms with Gasteiger partial charge in [-0.15, -0.1) is 0 Å². The molecule has 19 heavy (non-hydrogen) atoms. The smallest absolute Gasteiger partial charge is 0.0702 e. The van der Waals surface area contributed by atoms with Crippen LogP contribution in [0.4, 0.5) is 0 Å². The maximum Gasteiger partial charge on any atom is 0.0702 e. The van der Waals surface area contributed by atoms with Gasteiger partial charge in [-0.2, -0.15) is 0 Å². The van der Waals surface area contributed by atoms with Crippen molar-refractivity contribution in [3.8, 4) is 0 Å². The number of hydrogen-bond donors (Lipinski definition) is 1. The van der Waals surface area contributed by atoms with Gasteiger partial charge in [-0.3, -0.25) is 4.90 Å². The lowest BCUT2D eigenvalue weighted by Crippen LogP contribution is -2.63. The van der Waals surface area contributed by atoms with E-state index < -0.39 is 0 Å². The van der Waals surface area contributed by atoms with Crippen LogP contribution in [0.2, 0.25) is 0 Å². The molecule has 0 amide bonds. The first kappa shape index (κ1) is 15.3. The fourth-order valence-corrected chi connectivity index (χ4v) is 4.30. The van der Waals surface area contributed by atoms with Crippen LogP contribution in [0.25, 0.3) is 0 Å². The highest BCUT2D eigenvalue weighted by Crippen LogP contribution is 2.41. The lowest BCUT2D eigenvalue weighted by atomic mass is 9.68. The van der Waals surface area contributed by atoms with E-state index in [4.69, 9.17) is 10.5 Å². The number of hydrogen-bond acceptors (Lipinski definition) is 3. The molecule has 2 N–H and O–H groups in total. The van der Waals surface area contributed by atoms with E-state index in [2.05, 4.69) is 25.7 Å². The largest absolute Gasteiger partial charge is 0.377 e. The predicted octanol–water partition coefficient (Wildman–Crippen LogP) is 2.64. The Morgan fingerprint density at radius 3 is 2.74 bits per heavy atom. The summed E-state index contributed by atoms with van der Waals surface area (Å²) in [4.78, 5) is 2.67. The molecular weight excluding hydrogens is 236 g/mol. The van der Waals surface area contributed by atoms with Crippen molar-refractivity contribution in [3.63, 3.8) is 0 Å². The Balaban J connectivity index is 2.07. The molecule has 0 aromatic heterocycles. The fraction of sp³-hybridized carbons (Fsp3) is 1.00. The third-order valence-corrected chi connectivity index (χ3v) is 5.51. The molecule has 2 fully saturated rings. The summed E-state index contributed by atoms with van der Waals surface area (Å²) in [5, 5.41) is 0. The monoisotopic (exact) mass is 268 g/mol. The molecule has 1 aliphatic carbocycles. The van der Waals surface area contributed by atoms with Gasteiger partial charge in [-0.25, -0.2) is 0 Å². The van der Waals surface area contributed by atoms with Crippen molar-refractivity contribution in [3.05, 3.63) is 0 Å². The van der Waals surface area contributed by atoms with Gasteiger partial charge in [0.05, 0.1) is 6.10 Å². The van der Waals surface area contributed by atoms with Crippen LogP contribution in [0, 0.1) is 11.8 Å². The quantitative estimate of drug-likeness (QED) is 0.852. The normalized spacial score (nSPS) is 41.4. The topological polar surface area (TPSA) is 38.5 Å². The molecule has 0 aromatic rings. The van der Waals surface area contributed by atoms with Gasteiger partial charge in [0, 0.05) is 25.2 Å². The maximum atomic E-state index is 6.24. The molecule has 2 rings (SSSR count). The van der Waals surface area contributed by atoms with Crippen molar-refractivity contribution >= 4 is 0 Å². The summed E-state index contributed by atoms with van der Waals surface area (Å²) >= 11 is 0. The number of rotatable bonds is 4. The highest BCUT2D eigenvalue weighted by atomic mass is 16.5. The van der Waals surface area contributed by atoms with Crippen LogP contribution >= 0.6 is 0 Å². The number of nitrogens with zero attached hydrogens (tertiary/aromatic N) is 1. The molecule has 0 spiro atoms. The van der Waals surface area contributed by atoms with E-state index in [9.17, 15) is 0 Å². The third-order valence-electron chi connectivity index (χ3n) is 5.51. The summed E-state index contributed by atoms with van der Waals surface area (Å²) in [7, 11) is 0. The minimum Gasteiger partial charge on any atom is -0.377 e. The second-order valence-electron chi connectivity index (χ2n) is 6.75. The predicted molar refractivity (Wildman–Crippen MR) is 80.2 cm³/mol. The first-order chi connectivity index (χ1) is 9.12. The molecule has 1 heterocycles. The Labute approximate surface area is 118 Å². The van der Waals surface area contributed by atoms with Crippen LogP contribution in [-0.4, -0.2) is 42.8 Å². The second-order valence-corrected chi connectivity index (χ2v) is 6.75. The van der Waals surface area contributed by atoms with E-state index in [1.54, 1.807) is 0 Å². The van der Waals surface area contributed by atoms with Crippen LogP contribution in [-0.2, 0) is 4.74 Å². The zero-order valence-electron chi connectivity index (χ0n) is 13.0. The van der Waals surface area contributed by atoms with E-state index in [1.807, 2.05) is 0 Å². The molecule has 112 valence electrons. The lowest BCUT2D eigenvalue weighted by Gasteiger charge is -2.53. The Morgan fingerprint density at radius 2 is 2.11 bits per heavy atom. The standard InChI is InChI=1S/C16H32N2O/c1-4-19-15-6-5-9-18(11-15)16(12-17)8-7-13(2)10-14(16)3/h13-15H,4-12,17H2,1-3H3. The summed E-state index contributed by atoms with van der Waals surface area (Å²) in [6.07, 6.45) is 6.83. The summed E-state index contributed by atoms with van der Waals surface area (Å²) in [6, 6.07) is 0. The highest BCUT2D eigenvalue weighted by molar-refractivity contribution is 5.01. The van der Waals surface area contributed by atoms with Gasteiger partial charge in [0.1, 0.15) is 0 Å². The van der Waals surface area contributed by atoms with Gasteiger partial charge in [0.15, 0.2) is 0 Å². The Hall–Kier alpha value is -0.120. The minimum absolute atomic E-state index is 0.238. The van der Waals surface area contributed by atoms with Crippen LogP contribution < -0.4 is 5.73 Å². The molecule has 2 aliphatic rings. The molecule has 4 unspecified atom stereocenters.